The fraction of sp³-hybridized carbons (Fsp3) is 0.109. The Morgan fingerprint density at radius 1 is 0.574 bits per heavy atom. The van der Waals surface area contributed by atoms with Crippen LogP contribution in [-0.2, 0) is 0 Å². The van der Waals surface area contributed by atoms with Crippen LogP contribution in [0.5, 0.6) is 0 Å². The number of hydrogen-bond acceptors (Lipinski definition) is 1. The number of hydrogen-bond donors (Lipinski definition) is 0. The molecule has 230 valence electrons. The van der Waals surface area contributed by atoms with E-state index in [1.807, 2.05) is 25.1 Å². The molecule has 0 saturated carbocycles. The molecule has 0 N–H and O–H groups in total. The van der Waals surface area contributed by atoms with Gasteiger partial charge < -0.3 is 0 Å². The monoisotopic (exact) mass is 607 g/mol. The lowest BCUT2D eigenvalue weighted by Gasteiger charge is -2.19. The van der Waals surface area contributed by atoms with E-state index in [2.05, 4.69) is 154 Å². The molecule has 0 aromatic heterocycles. The molecule has 6 aromatic carbocycles. The smallest absolute Gasteiger partial charge is 0.0630 e. The fourth-order valence-corrected chi connectivity index (χ4v) is 6.28. The van der Waals surface area contributed by atoms with Crippen LogP contribution in [0.2, 0.25) is 0 Å². The zero-order valence-corrected chi connectivity index (χ0v) is 27.6. The van der Waals surface area contributed by atoms with Gasteiger partial charge in [-0.05, 0) is 100 Å². The molecule has 0 radical (unpaired) electrons. The standard InChI is InChI=1S/C37H31N.C9H10/c1-25-19-21-32-34(23-25)36(29-15-9-5-10-16-29)33-22-20-31(24-35(33)37(32)30-17-11-6-12-18-30)27(3)38-26(2)28-13-7-4-8-14-28;1-8(2)9-6-4-3-5-7-9/h5-7,9-24H,2,4,8H2,1,3H3;3-7H,1H2,2H3. The van der Waals surface area contributed by atoms with Crippen LogP contribution in [0.3, 0.4) is 0 Å². The summed E-state index contributed by atoms with van der Waals surface area (Å²) in [5.74, 6) is 0. The van der Waals surface area contributed by atoms with Crippen molar-refractivity contribution in [2.75, 3.05) is 0 Å². The van der Waals surface area contributed by atoms with Gasteiger partial charge in [-0.3, -0.25) is 4.99 Å². The maximum absolute atomic E-state index is 4.94. The highest BCUT2D eigenvalue weighted by Gasteiger charge is 2.18. The summed E-state index contributed by atoms with van der Waals surface area (Å²) < 4.78 is 0. The highest BCUT2D eigenvalue weighted by molar-refractivity contribution is 6.22. The minimum Gasteiger partial charge on any atom is -0.253 e. The van der Waals surface area contributed by atoms with E-state index in [1.165, 1.54) is 54.9 Å². The number of allylic oxidation sites excluding steroid dienone is 4. The Labute approximate surface area is 279 Å². The van der Waals surface area contributed by atoms with Gasteiger partial charge >= 0.3 is 0 Å². The molecule has 0 atom stereocenters. The van der Waals surface area contributed by atoms with E-state index < -0.39 is 0 Å². The van der Waals surface area contributed by atoms with E-state index in [0.29, 0.717) is 0 Å². The second-order valence-electron chi connectivity index (χ2n) is 12.2. The summed E-state index contributed by atoms with van der Waals surface area (Å²) in [6, 6.07) is 45.3. The molecule has 0 bridgehead atoms. The maximum atomic E-state index is 4.94. The van der Waals surface area contributed by atoms with Gasteiger partial charge in [0.2, 0.25) is 0 Å². The van der Waals surface area contributed by atoms with Crippen molar-refractivity contribution in [3.05, 3.63) is 187 Å². The Morgan fingerprint density at radius 2 is 1.13 bits per heavy atom. The molecule has 1 heteroatoms. The van der Waals surface area contributed by atoms with Crippen molar-refractivity contribution in [3.8, 4) is 22.3 Å². The zero-order chi connectivity index (χ0) is 32.8. The van der Waals surface area contributed by atoms with Gasteiger partial charge in [-0.15, -0.1) is 0 Å². The highest BCUT2D eigenvalue weighted by Crippen LogP contribution is 2.44. The quantitative estimate of drug-likeness (QED) is 0.132. The van der Waals surface area contributed by atoms with Gasteiger partial charge in [0.1, 0.15) is 0 Å². The Balaban J connectivity index is 0.000000373. The average Bonchev–Trinajstić information content (AvgIpc) is 3.12. The van der Waals surface area contributed by atoms with Crippen molar-refractivity contribution in [1.29, 1.82) is 0 Å². The zero-order valence-electron chi connectivity index (χ0n) is 27.6. The number of benzene rings is 6. The van der Waals surface area contributed by atoms with Crippen LogP contribution < -0.4 is 0 Å². The van der Waals surface area contributed by atoms with Crippen molar-refractivity contribution in [1.82, 2.24) is 0 Å². The van der Waals surface area contributed by atoms with Crippen molar-refractivity contribution in [3.63, 3.8) is 0 Å². The first-order valence-corrected chi connectivity index (χ1v) is 16.3. The first-order valence-electron chi connectivity index (χ1n) is 16.3. The van der Waals surface area contributed by atoms with Crippen molar-refractivity contribution in [2.24, 2.45) is 4.99 Å². The van der Waals surface area contributed by atoms with Crippen molar-refractivity contribution in [2.45, 2.75) is 33.6 Å². The molecular weight excluding hydrogens is 567 g/mol. The third kappa shape index (κ3) is 7.00. The summed E-state index contributed by atoms with van der Waals surface area (Å²) in [6.07, 6.45) is 8.70. The molecule has 0 aliphatic heterocycles. The van der Waals surface area contributed by atoms with Crippen LogP contribution in [-0.4, -0.2) is 5.71 Å². The fourth-order valence-electron chi connectivity index (χ4n) is 6.28. The Kier molecular flexibility index (Phi) is 9.55. The molecule has 7 rings (SSSR count). The number of aryl methyl sites for hydroxylation is 1. The molecule has 47 heavy (non-hydrogen) atoms. The first-order chi connectivity index (χ1) is 22.9. The first kappa shape index (κ1) is 31.5. The third-order valence-electron chi connectivity index (χ3n) is 8.71. The molecule has 1 nitrogen and oxygen atoms in total. The summed E-state index contributed by atoms with van der Waals surface area (Å²) in [6.45, 7) is 14.4. The van der Waals surface area contributed by atoms with Gasteiger partial charge in [0.25, 0.3) is 0 Å². The summed E-state index contributed by atoms with van der Waals surface area (Å²) in [5.41, 5.74) is 12.6. The van der Waals surface area contributed by atoms with Gasteiger partial charge in [0.15, 0.2) is 0 Å². The number of rotatable bonds is 6. The molecule has 1 aliphatic rings. The number of fused-ring (bicyclic) bond motifs is 2. The largest absolute Gasteiger partial charge is 0.253 e. The van der Waals surface area contributed by atoms with Crippen LogP contribution in [0, 0.1) is 6.92 Å². The minimum absolute atomic E-state index is 0.820. The predicted octanol–water partition coefficient (Wildman–Crippen LogP) is 13.0. The Morgan fingerprint density at radius 3 is 1.66 bits per heavy atom. The normalized spacial score (nSPS) is 12.7. The molecule has 0 heterocycles. The van der Waals surface area contributed by atoms with Gasteiger partial charge in [0.05, 0.1) is 5.70 Å². The van der Waals surface area contributed by atoms with Crippen LogP contribution in [0.15, 0.2) is 175 Å². The average molecular weight is 608 g/mol. The molecule has 0 saturated heterocycles. The second-order valence-corrected chi connectivity index (χ2v) is 12.2. The van der Waals surface area contributed by atoms with Crippen LogP contribution in [0.1, 0.15) is 43.4 Å². The lowest BCUT2D eigenvalue weighted by atomic mass is 9.84. The summed E-state index contributed by atoms with van der Waals surface area (Å²) in [7, 11) is 0. The summed E-state index contributed by atoms with van der Waals surface area (Å²) >= 11 is 0. The lowest BCUT2D eigenvalue weighted by molar-refractivity contribution is 1.02. The van der Waals surface area contributed by atoms with E-state index in [9.17, 15) is 0 Å². The maximum Gasteiger partial charge on any atom is 0.0630 e. The SMILES string of the molecule is C=C(C)c1ccccc1.C=C(N=C(C)c1ccc2c(-c3ccccc3)c3cc(C)ccc3c(-c3ccccc3)c2c1)C1=CCCC=C1. The van der Waals surface area contributed by atoms with E-state index >= 15 is 0 Å². The predicted molar refractivity (Wildman–Crippen MR) is 206 cm³/mol. The Hall–Kier alpha value is -5.53. The molecule has 6 aromatic rings. The van der Waals surface area contributed by atoms with E-state index in [-0.39, 0.29) is 0 Å². The molecular formula is C46H41N. The van der Waals surface area contributed by atoms with Crippen molar-refractivity contribution < 1.29 is 0 Å². The summed E-state index contributed by atoms with van der Waals surface area (Å²) in [5, 5.41) is 5.04. The van der Waals surface area contributed by atoms with E-state index in [4.69, 9.17) is 4.99 Å². The Bertz CT molecular complexity index is 2160. The van der Waals surface area contributed by atoms with Gasteiger partial charge in [-0.1, -0.05) is 164 Å². The second kappa shape index (κ2) is 14.3. The molecule has 0 amide bonds. The summed E-state index contributed by atoms with van der Waals surface area (Å²) in [4.78, 5) is 4.94. The third-order valence-corrected chi connectivity index (χ3v) is 8.71. The lowest BCUT2D eigenvalue weighted by Crippen LogP contribution is -1.99. The molecule has 0 fully saturated rings. The minimum atomic E-state index is 0.820. The van der Waals surface area contributed by atoms with Gasteiger partial charge in [-0.2, -0.15) is 0 Å². The molecule has 1 aliphatic carbocycles. The molecule has 0 spiro atoms. The van der Waals surface area contributed by atoms with Crippen LogP contribution in [0.25, 0.3) is 49.4 Å². The van der Waals surface area contributed by atoms with Crippen LogP contribution in [0.4, 0.5) is 0 Å². The molecule has 0 unspecified atom stereocenters. The van der Waals surface area contributed by atoms with Gasteiger partial charge in [-0.25, -0.2) is 0 Å². The van der Waals surface area contributed by atoms with Crippen LogP contribution >= 0.6 is 0 Å². The van der Waals surface area contributed by atoms with Crippen molar-refractivity contribution >= 4 is 32.8 Å². The topological polar surface area (TPSA) is 12.4 Å². The highest BCUT2D eigenvalue weighted by atomic mass is 14.8. The van der Waals surface area contributed by atoms with E-state index in [1.54, 1.807) is 0 Å². The number of aliphatic imine (C=N–C) groups is 1. The number of nitrogens with zero attached hydrogens (tertiary/aromatic N) is 1. The van der Waals surface area contributed by atoms with Gasteiger partial charge in [0, 0.05) is 5.71 Å². The van der Waals surface area contributed by atoms with E-state index in [0.717, 1.165) is 41.0 Å².